The average Bonchev–Trinajstić information content (AvgIpc) is 3.16. The van der Waals surface area contributed by atoms with Crippen LogP contribution in [0.2, 0.25) is 0 Å². The van der Waals surface area contributed by atoms with Crippen molar-refractivity contribution >= 4 is 0 Å². The Balaban J connectivity index is 2.14. The van der Waals surface area contributed by atoms with E-state index in [1.807, 2.05) is 19.1 Å². The zero-order chi connectivity index (χ0) is 13.0. The normalized spacial score (nSPS) is 16.9. The van der Waals surface area contributed by atoms with Gasteiger partial charge in [-0.05, 0) is 38.8 Å². The first-order chi connectivity index (χ1) is 8.76. The largest absolute Gasteiger partial charge is 0.494 e. The van der Waals surface area contributed by atoms with Gasteiger partial charge in [0.25, 0.3) is 0 Å². The van der Waals surface area contributed by atoms with E-state index < -0.39 is 0 Å². The quantitative estimate of drug-likeness (QED) is 0.805. The smallest absolute Gasteiger partial charge is 0.124 e. The number of ether oxygens (including phenoxy) is 1. The summed E-state index contributed by atoms with van der Waals surface area (Å²) in [6, 6.07) is 8.50. The molecule has 3 nitrogen and oxygen atoms in total. The second-order valence-electron chi connectivity index (χ2n) is 5.11. The van der Waals surface area contributed by atoms with E-state index in [1.54, 1.807) is 0 Å². The van der Waals surface area contributed by atoms with Crippen molar-refractivity contribution in [2.24, 2.45) is 11.7 Å². The summed E-state index contributed by atoms with van der Waals surface area (Å²) < 4.78 is 5.71. The van der Waals surface area contributed by atoms with Crippen LogP contribution in [-0.4, -0.2) is 31.6 Å². The fourth-order valence-corrected chi connectivity index (χ4v) is 2.42. The van der Waals surface area contributed by atoms with Crippen LogP contribution in [-0.2, 0) is 0 Å². The third kappa shape index (κ3) is 3.24. The van der Waals surface area contributed by atoms with Gasteiger partial charge in [0, 0.05) is 18.7 Å². The molecule has 0 bridgehead atoms. The van der Waals surface area contributed by atoms with Gasteiger partial charge in [0.2, 0.25) is 0 Å². The molecule has 0 heterocycles. The van der Waals surface area contributed by atoms with E-state index in [4.69, 9.17) is 10.5 Å². The Bertz CT molecular complexity index is 377. The fraction of sp³-hybridized carbons (Fsp3) is 0.600. The van der Waals surface area contributed by atoms with E-state index in [0.29, 0.717) is 13.2 Å². The molecule has 3 heteroatoms. The number of hydrogen-bond acceptors (Lipinski definition) is 3. The number of nitrogens with two attached hydrogens (primary N) is 1. The number of hydrogen-bond donors (Lipinski definition) is 1. The summed E-state index contributed by atoms with van der Waals surface area (Å²) in [6.45, 7) is 4.48. The van der Waals surface area contributed by atoms with Gasteiger partial charge >= 0.3 is 0 Å². The minimum Gasteiger partial charge on any atom is -0.494 e. The van der Waals surface area contributed by atoms with Crippen LogP contribution in [0.4, 0.5) is 0 Å². The van der Waals surface area contributed by atoms with Gasteiger partial charge in [0.1, 0.15) is 5.75 Å². The molecule has 0 amide bonds. The van der Waals surface area contributed by atoms with Crippen LogP contribution in [0.3, 0.4) is 0 Å². The Labute approximate surface area is 110 Å². The van der Waals surface area contributed by atoms with Gasteiger partial charge in [-0.15, -0.1) is 0 Å². The van der Waals surface area contributed by atoms with Gasteiger partial charge in [-0.2, -0.15) is 0 Å². The van der Waals surface area contributed by atoms with Gasteiger partial charge in [0.15, 0.2) is 0 Å². The van der Waals surface area contributed by atoms with Crippen molar-refractivity contribution in [3.05, 3.63) is 29.8 Å². The minimum atomic E-state index is 0.258. The first-order valence-corrected chi connectivity index (χ1v) is 6.88. The van der Waals surface area contributed by atoms with Gasteiger partial charge in [-0.3, -0.25) is 4.90 Å². The van der Waals surface area contributed by atoms with Crippen molar-refractivity contribution in [2.75, 3.05) is 26.7 Å². The van der Waals surface area contributed by atoms with Crippen molar-refractivity contribution in [1.82, 2.24) is 4.90 Å². The van der Waals surface area contributed by atoms with E-state index in [0.717, 1.165) is 18.2 Å². The molecule has 1 aliphatic rings. The standard InChI is InChI=1S/C15H24N2O/c1-3-18-15-7-5-4-6-13(15)14(10-16)17(2)11-12-8-9-12/h4-7,12,14H,3,8-11,16H2,1-2H3. The summed E-state index contributed by atoms with van der Waals surface area (Å²) in [5.74, 6) is 1.85. The van der Waals surface area contributed by atoms with Gasteiger partial charge < -0.3 is 10.5 Å². The van der Waals surface area contributed by atoms with Crippen LogP contribution in [0.5, 0.6) is 5.75 Å². The molecule has 0 saturated heterocycles. The van der Waals surface area contributed by atoms with E-state index in [-0.39, 0.29) is 6.04 Å². The van der Waals surface area contributed by atoms with E-state index in [1.165, 1.54) is 18.4 Å². The maximum atomic E-state index is 5.97. The molecule has 0 radical (unpaired) electrons. The number of likely N-dealkylation sites (N-methyl/N-ethyl adjacent to an activating group) is 1. The van der Waals surface area contributed by atoms with Crippen LogP contribution in [0.1, 0.15) is 31.4 Å². The number of benzene rings is 1. The van der Waals surface area contributed by atoms with Crippen LogP contribution in [0, 0.1) is 5.92 Å². The van der Waals surface area contributed by atoms with E-state index in [9.17, 15) is 0 Å². The lowest BCUT2D eigenvalue weighted by molar-refractivity contribution is 0.232. The highest BCUT2D eigenvalue weighted by Gasteiger charge is 2.27. The summed E-state index contributed by atoms with van der Waals surface area (Å²) >= 11 is 0. The first-order valence-electron chi connectivity index (χ1n) is 6.88. The van der Waals surface area contributed by atoms with Crippen molar-refractivity contribution in [2.45, 2.75) is 25.8 Å². The summed E-state index contributed by atoms with van der Waals surface area (Å²) in [7, 11) is 2.17. The lowest BCUT2D eigenvalue weighted by Gasteiger charge is -2.28. The SMILES string of the molecule is CCOc1ccccc1C(CN)N(C)CC1CC1. The van der Waals surface area contributed by atoms with Gasteiger partial charge in [-0.25, -0.2) is 0 Å². The van der Waals surface area contributed by atoms with Crippen molar-refractivity contribution in [1.29, 1.82) is 0 Å². The van der Waals surface area contributed by atoms with Gasteiger partial charge in [-0.1, -0.05) is 18.2 Å². The number of para-hydroxylation sites is 1. The summed E-state index contributed by atoms with van der Waals surface area (Å²) in [5.41, 5.74) is 7.18. The maximum Gasteiger partial charge on any atom is 0.124 e. The van der Waals surface area contributed by atoms with Crippen LogP contribution in [0.25, 0.3) is 0 Å². The second-order valence-corrected chi connectivity index (χ2v) is 5.11. The van der Waals surface area contributed by atoms with Gasteiger partial charge in [0.05, 0.1) is 12.6 Å². The number of nitrogens with zero attached hydrogens (tertiary/aromatic N) is 1. The summed E-state index contributed by atoms with van der Waals surface area (Å²) in [4.78, 5) is 2.37. The van der Waals surface area contributed by atoms with Crippen molar-refractivity contribution in [3.63, 3.8) is 0 Å². The molecule has 1 aromatic carbocycles. The highest BCUT2D eigenvalue weighted by atomic mass is 16.5. The Hall–Kier alpha value is -1.06. The molecule has 0 spiro atoms. The molecule has 1 aromatic rings. The zero-order valence-corrected chi connectivity index (χ0v) is 11.4. The Morgan fingerprint density at radius 1 is 1.39 bits per heavy atom. The zero-order valence-electron chi connectivity index (χ0n) is 11.4. The van der Waals surface area contributed by atoms with Crippen molar-refractivity contribution in [3.8, 4) is 5.75 Å². The molecule has 2 N–H and O–H groups in total. The van der Waals surface area contributed by atoms with Crippen LogP contribution >= 0.6 is 0 Å². The molecular weight excluding hydrogens is 224 g/mol. The lowest BCUT2D eigenvalue weighted by Crippen LogP contribution is -2.32. The Kier molecular flexibility index (Phi) is 4.61. The molecule has 1 aliphatic carbocycles. The molecule has 0 aromatic heterocycles. The highest BCUT2D eigenvalue weighted by Crippen LogP contribution is 2.34. The molecule has 1 atom stereocenters. The molecule has 100 valence electrons. The monoisotopic (exact) mass is 248 g/mol. The minimum absolute atomic E-state index is 0.258. The molecule has 1 unspecified atom stereocenters. The van der Waals surface area contributed by atoms with Crippen LogP contribution in [0.15, 0.2) is 24.3 Å². The molecule has 2 rings (SSSR count). The molecule has 1 saturated carbocycles. The van der Waals surface area contributed by atoms with Crippen molar-refractivity contribution < 1.29 is 4.74 Å². The lowest BCUT2D eigenvalue weighted by atomic mass is 10.0. The fourth-order valence-electron chi connectivity index (χ4n) is 2.42. The summed E-state index contributed by atoms with van der Waals surface area (Å²) in [5, 5.41) is 0. The first kappa shape index (κ1) is 13.4. The molecular formula is C15H24N2O. The average molecular weight is 248 g/mol. The molecule has 1 fully saturated rings. The second kappa shape index (κ2) is 6.21. The predicted octanol–water partition coefficient (Wildman–Crippen LogP) is 2.43. The highest BCUT2D eigenvalue weighted by molar-refractivity contribution is 5.36. The van der Waals surface area contributed by atoms with E-state index >= 15 is 0 Å². The topological polar surface area (TPSA) is 38.5 Å². The van der Waals surface area contributed by atoms with Crippen LogP contribution < -0.4 is 10.5 Å². The number of rotatable bonds is 7. The third-order valence-electron chi connectivity index (χ3n) is 3.58. The summed E-state index contributed by atoms with van der Waals surface area (Å²) in [6.07, 6.45) is 2.74. The maximum absolute atomic E-state index is 5.97. The predicted molar refractivity (Wildman–Crippen MR) is 74.8 cm³/mol. The molecule has 0 aliphatic heterocycles. The Morgan fingerprint density at radius 2 is 2.11 bits per heavy atom. The molecule has 18 heavy (non-hydrogen) atoms. The Morgan fingerprint density at radius 3 is 2.72 bits per heavy atom. The van der Waals surface area contributed by atoms with E-state index in [2.05, 4.69) is 24.1 Å². The third-order valence-corrected chi connectivity index (χ3v) is 3.58.